The van der Waals surface area contributed by atoms with Crippen LogP contribution in [0.2, 0.25) is 0 Å². The van der Waals surface area contributed by atoms with Crippen molar-refractivity contribution in [3.63, 3.8) is 0 Å². The van der Waals surface area contributed by atoms with Crippen molar-refractivity contribution in [1.82, 2.24) is 4.31 Å². The minimum absolute atomic E-state index is 0.0273. The van der Waals surface area contributed by atoms with Crippen LogP contribution in [0.4, 0.5) is 5.69 Å². The molecule has 2 saturated heterocycles. The number of nitrogens with one attached hydrogen (secondary N) is 2. The second-order valence-corrected chi connectivity index (χ2v) is 10.8. The average Bonchev–Trinajstić information content (AvgIpc) is 2.75. The van der Waals surface area contributed by atoms with E-state index in [0.29, 0.717) is 29.2 Å². The van der Waals surface area contributed by atoms with Crippen molar-refractivity contribution < 1.29 is 18.1 Å². The van der Waals surface area contributed by atoms with Crippen LogP contribution in [0, 0.1) is 13.8 Å². The lowest BCUT2D eigenvalue weighted by atomic mass is 10.00. The Morgan fingerprint density at radius 1 is 1.13 bits per heavy atom. The van der Waals surface area contributed by atoms with Gasteiger partial charge in [0, 0.05) is 25.2 Å². The van der Waals surface area contributed by atoms with Crippen molar-refractivity contribution in [2.45, 2.75) is 83.1 Å². The molecule has 2 N–H and O–H groups in total. The average molecular weight is 437 g/mol. The number of piperidine rings is 2. The zero-order valence-electron chi connectivity index (χ0n) is 18.8. The minimum Gasteiger partial charge on any atom is -0.325 e. The number of hydrogen-bond donors (Lipinski definition) is 2. The molecule has 0 radical (unpaired) electrons. The van der Waals surface area contributed by atoms with Crippen LogP contribution in [0.1, 0.15) is 69.4 Å². The standard InChI is InChI=1S/C23H37N3O3S/c1-4-5-14-25-15-10-7-11-20(25)23(27)24-22-18(2)12-13-21(19(22)3)30(28,29)26-16-8-6-9-17-26/h12-13,20H,4-11,14-17H2,1-3H3,(H,24,27)/p+1/t20-/m0/s1. The Bertz CT molecular complexity index is 847. The zero-order chi connectivity index (χ0) is 21.7. The van der Waals surface area contributed by atoms with E-state index in [1.54, 1.807) is 10.4 Å². The number of carbonyl (C=O) groups is 1. The number of carbonyl (C=O) groups excluding carboxylic acids is 1. The fourth-order valence-corrected chi connectivity index (χ4v) is 6.60. The van der Waals surface area contributed by atoms with Gasteiger partial charge in [0.1, 0.15) is 0 Å². The van der Waals surface area contributed by atoms with Gasteiger partial charge in [0.25, 0.3) is 5.91 Å². The quantitative estimate of drug-likeness (QED) is 0.690. The molecule has 0 spiro atoms. The number of aryl methyl sites for hydroxylation is 1. The Labute approximate surface area is 182 Å². The second kappa shape index (κ2) is 10.2. The van der Waals surface area contributed by atoms with Crippen molar-refractivity contribution in [1.29, 1.82) is 0 Å². The Balaban J connectivity index is 1.83. The van der Waals surface area contributed by atoms with Crippen LogP contribution in [0.5, 0.6) is 0 Å². The Morgan fingerprint density at radius 3 is 2.57 bits per heavy atom. The molecule has 2 aliphatic rings. The van der Waals surface area contributed by atoms with Gasteiger partial charge >= 0.3 is 0 Å². The van der Waals surface area contributed by atoms with Gasteiger partial charge in [-0.3, -0.25) is 4.79 Å². The smallest absolute Gasteiger partial charge is 0.282 e. The van der Waals surface area contributed by atoms with Gasteiger partial charge in [-0.2, -0.15) is 4.31 Å². The van der Waals surface area contributed by atoms with Gasteiger partial charge in [0.15, 0.2) is 6.04 Å². The van der Waals surface area contributed by atoms with E-state index in [1.165, 1.54) is 11.3 Å². The molecule has 2 fully saturated rings. The molecule has 168 valence electrons. The molecule has 2 heterocycles. The van der Waals surface area contributed by atoms with Gasteiger partial charge in [-0.1, -0.05) is 25.8 Å². The number of nitrogens with zero attached hydrogens (tertiary/aromatic N) is 1. The second-order valence-electron chi connectivity index (χ2n) is 8.89. The normalized spacial score (nSPS) is 23.3. The molecule has 0 aromatic heterocycles. The first-order valence-electron chi connectivity index (χ1n) is 11.6. The number of rotatable bonds is 7. The van der Waals surface area contributed by atoms with E-state index in [9.17, 15) is 13.2 Å². The summed E-state index contributed by atoms with van der Waals surface area (Å²) in [5, 5.41) is 3.13. The van der Waals surface area contributed by atoms with E-state index in [4.69, 9.17) is 0 Å². The number of sulfonamides is 1. The summed E-state index contributed by atoms with van der Waals surface area (Å²) in [5.74, 6) is 0.0273. The summed E-state index contributed by atoms with van der Waals surface area (Å²) < 4.78 is 28.1. The molecule has 1 amide bonds. The number of benzene rings is 1. The summed E-state index contributed by atoms with van der Waals surface area (Å²) in [7, 11) is -3.54. The monoisotopic (exact) mass is 436 g/mol. The van der Waals surface area contributed by atoms with E-state index >= 15 is 0 Å². The number of unbranched alkanes of at least 4 members (excludes halogenated alkanes) is 1. The highest BCUT2D eigenvalue weighted by Gasteiger charge is 2.33. The molecule has 2 atom stereocenters. The molecule has 7 heteroatoms. The van der Waals surface area contributed by atoms with Crippen molar-refractivity contribution in [2.24, 2.45) is 0 Å². The predicted molar refractivity (Wildman–Crippen MR) is 120 cm³/mol. The SMILES string of the molecule is CCCC[NH+]1CCCC[C@H]1C(=O)Nc1c(C)ccc(S(=O)(=O)N2CCCCC2)c1C. The molecule has 0 bridgehead atoms. The molecular formula is C23H38N3O3S+. The maximum atomic E-state index is 13.2. The molecule has 0 aliphatic carbocycles. The van der Waals surface area contributed by atoms with Crippen LogP contribution in [0.25, 0.3) is 0 Å². The van der Waals surface area contributed by atoms with Crippen molar-refractivity contribution in [2.75, 3.05) is 31.5 Å². The highest BCUT2D eigenvalue weighted by Crippen LogP contribution is 2.30. The summed E-state index contributed by atoms with van der Waals surface area (Å²) in [6.07, 6.45) is 8.30. The Hall–Kier alpha value is -1.44. The third-order valence-electron chi connectivity index (χ3n) is 6.71. The summed E-state index contributed by atoms with van der Waals surface area (Å²) in [6.45, 7) is 9.16. The van der Waals surface area contributed by atoms with E-state index in [2.05, 4.69) is 12.2 Å². The first kappa shape index (κ1) is 23.2. The molecule has 2 aliphatic heterocycles. The lowest BCUT2D eigenvalue weighted by Gasteiger charge is -2.32. The van der Waals surface area contributed by atoms with Gasteiger partial charge in [0.05, 0.1) is 18.0 Å². The first-order valence-corrected chi connectivity index (χ1v) is 13.1. The largest absolute Gasteiger partial charge is 0.325 e. The van der Waals surface area contributed by atoms with Gasteiger partial charge in [0.2, 0.25) is 10.0 Å². The van der Waals surface area contributed by atoms with Crippen LogP contribution in [-0.4, -0.2) is 50.9 Å². The maximum Gasteiger partial charge on any atom is 0.282 e. The lowest BCUT2D eigenvalue weighted by Crippen LogP contribution is -3.17. The number of amides is 1. The van der Waals surface area contributed by atoms with Crippen LogP contribution in [0.3, 0.4) is 0 Å². The highest BCUT2D eigenvalue weighted by molar-refractivity contribution is 7.89. The van der Waals surface area contributed by atoms with Crippen molar-refractivity contribution in [3.05, 3.63) is 23.3 Å². The third kappa shape index (κ3) is 5.06. The number of likely N-dealkylation sites (tertiary alicyclic amines) is 1. The number of anilines is 1. The first-order chi connectivity index (χ1) is 14.4. The van der Waals surface area contributed by atoms with Crippen LogP contribution in [-0.2, 0) is 14.8 Å². The van der Waals surface area contributed by atoms with E-state index < -0.39 is 10.0 Å². The lowest BCUT2D eigenvalue weighted by molar-refractivity contribution is -0.921. The van der Waals surface area contributed by atoms with Crippen LogP contribution < -0.4 is 10.2 Å². The fraction of sp³-hybridized carbons (Fsp3) is 0.696. The number of hydrogen-bond acceptors (Lipinski definition) is 3. The number of quaternary nitrogens is 1. The maximum absolute atomic E-state index is 13.2. The molecule has 6 nitrogen and oxygen atoms in total. The van der Waals surface area contributed by atoms with Crippen molar-refractivity contribution >= 4 is 21.6 Å². The molecule has 1 unspecified atom stereocenters. The topological polar surface area (TPSA) is 70.9 Å². The molecule has 1 aromatic carbocycles. The molecular weight excluding hydrogens is 398 g/mol. The van der Waals surface area contributed by atoms with Gasteiger partial charge in [-0.25, -0.2) is 8.42 Å². The summed E-state index contributed by atoms with van der Waals surface area (Å²) in [4.78, 5) is 14.9. The van der Waals surface area contributed by atoms with E-state index in [0.717, 1.165) is 63.6 Å². The molecule has 30 heavy (non-hydrogen) atoms. The molecule has 0 saturated carbocycles. The fourth-order valence-electron chi connectivity index (χ4n) is 4.85. The zero-order valence-corrected chi connectivity index (χ0v) is 19.6. The van der Waals surface area contributed by atoms with Crippen LogP contribution >= 0.6 is 0 Å². The summed E-state index contributed by atoms with van der Waals surface area (Å²) >= 11 is 0. The van der Waals surface area contributed by atoms with Crippen LogP contribution in [0.15, 0.2) is 17.0 Å². The van der Waals surface area contributed by atoms with Gasteiger partial charge in [-0.15, -0.1) is 0 Å². The van der Waals surface area contributed by atoms with Gasteiger partial charge < -0.3 is 10.2 Å². The van der Waals surface area contributed by atoms with Gasteiger partial charge in [-0.05, 0) is 63.1 Å². The van der Waals surface area contributed by atoms with Crippen molar-refractivity contribution in [3.8, 4) is 0 Å². The van der Waals surface area contributed by atoms with E-state index in [-0.39, 0.29) is 11.9 Å². The summed E-state index contributed by atoms with van der Waals surface area (Å²) in [6, 6.07) is 3.47. The molecule has 1 aromatic rings. The summed E-state index contributed by atoms with van der Waals surface area (Å²) in [5.41, 5.74) is 2.22. The minimum atomic E-state index is -3.54. The Kier molecular flexibility index (Phi) is 7.93. The predicted octanol–water partition coefficient (Wildman–Crippen LogP) is 2.65. The van der Waals surface area contributed by atoms with E-state index in [1.807, 2.05) is 19.9 Å². The highest BCUT2D eigenvalue weighted by atomic mass is 32.2. The molecule has 3 rings (SSSR count). The third-order valence-corrected chi connectivity index (χ3v) is 8.75. The Morgan fingerprint density at radius 2 is 1.87 bits per heavy atom.